The molecule has 1 aliphatic heterocycles. The first-order chi connectivity index (χ1) is 15.1. The summed E-state index contributed by atoms with van der Waals surface area (Å²) in [4.78, 5) is 18.8. The second kappa shape index (κ2) is 9.71. The van der Waals surface area contributed by atoms with Crippen molar-refractivity contribution in [2.45, 2.75) is 13.8 Å². The van der Waals surface area contributed by atoms with Crippen LogP contribution in [0.3, 0.4) is 0 Å². The van der Waals surface area contributed by atoms with Crippen LogP contribution in [0.2, 0.25) is 0 Å². The normalized spacial score (nSPS) is 14.5. The zero-order chi connectivity index (χ0) is 21.6. The number of aromatic nitrogens is 4. The SMILES string of the molecule is CNCCOc1nc(C=NNc2ccc3[nH]c(C)c(C)c3c2)nc(N2CCOCC2)n1. The highest BCUT2D eigenvalue weighted by molar-refractivity contribution is 5.87. The standard InChI is InChI=1S/C21H28N8O2/c1-14-15(2)24-18-5-4-16(12-17(14)18)28-23-13-19-25-20(29-7-10-30-11-8-29)27-21(26-19)31-9-6-22-3/h4-5,12-13,22,24,28H,6-11H2,1-3H3. The van der Waals surface area contributed by atoms with Crippen LogP contribution in [-0.2, 0) is 4.74 Å². The summed E-state index contributed by atoms with van der Waals surface area (Å²) in [6.45, 7) is 8.09. The summed E-state index contributed by atoms with van der Waals surface area (Å²) in [5, 5.41) is 8.54. The molecule has 0 amide bonds. The fraction of sp³-hybridized carbons (Fsp3) is 0.429. The van der Waals surface area contributed by atoms with Gasteiger partial charge in [0.2, 0.25) is 5.95 Å². The Kier molecular flexibility index (Phi) is 6.58. The number of morpholine rings is 1. The lowest BCUT2D eigenvalue weighted by atomic mass is 10.1. The first kappa shape index (κ1) is 21.0. The summed E-state index contributed by atoms with van der Waals surface area (Å²) >= 11 is 0. The van der Waals surface area contributed by atoms with Gasteiger partial charge in [-0.1, -0.05) is 0 Å². The maximum atomic E-state index is 5.68. The van der Waals surface area contributed by atoms with Gasteiger partial charge in [0.15, 0.2) is 5.82 Å². The molecule has 0 atom stereocenters. The number of H-pyrrole nitrogens is 1. The Morgan fingerprint density at radius 1 is 1.23 bits per heavy atom. The molecule has 10 heteroatoms. The number of aromatic amines is 1. The van der Waals surface area contributed by atoms with Gasteiger partial charge in [-0.25, -0.2) is 0 Å². The van der Waals surface area contributed by atoms with Crippen molar-refractivity contribution in [3.63, 3.8) is 0 Å². The summed E-state index contributed by atoms with van der Waals surface area (Å²) in [5.41, 5.74) is 7.47. The molecule has 3 heterocycles. The van der Waals surface area contributed by atoms with Crippen molar-refractivity contribution in [3.05, 3.63) is 35.3 Å². The highest BCUT2D eigenvalue weighted by Crippen LogP contribution is 2.24. The van der Waals surface area contributed by atoms with Crippen molar-refractivity contribution in [1.82, 2.24) is 25.3 Å². The van der Waals surface area contributed by atoms with E-state index in [2.05, 4.69) is 60.6 Å². The van der Waals surface area contributed by atoms with Crippen LogP contribution >= 0.6 is 0 Å². The van der Waals surface area contributed by atoms with Gasteiger partial charge in [0.1, 0.15) is 6.61 Å². The fourth-order valence-corrected chi connectivity index (χ4v) is 3.33. The van der Waals surface area contributed by atoms with Gasteiger partial charge < -0.3 is 24.7 Å². The van der Waals surface area contributed by atoms with Crippen LogP contribution in [0.5, 0.6) is 6.01 Å². The average Bonchev–Trinajstić information content (AvgIpc) is 3.08. The van der Waals surface area contributed by atoms with Gasteiger partial charge >= 0.3 is 6.01 Å². The van der Waals surface area contributed by atoms with E-state index >= 15 is 0 Å². The number of anilines is 2. The topological polar surface area (TPSA) is 113 Å². The van der Waals surface area contributed by atoms with Gasteiger partial charge in [-0.05, 0) is 44.7 Å². The lowest BCUT2D eigenvalue weighted by Crippen LogP contribution is -2.37. The maximum Gasteiger partial charge on any atom is 0.321 e. The van der Waals surface area contributed by atoms with Crippen LogP contribution < -0.4 is 20.4 Å². The van der Waals surface area contributed by atoms with E-state index in [9.17, 15) is 0 Å². The minimum absolute atomic E-state index is 0.285. The van der Waals surface area contributed by atoms with E-state index in [1.54, 1.807) is 6.21 Å². The number of benzene rings is 1. The Morgan fingerprint density at radius 2 is 2.06 bits per heavy atom. The molecule has 4 rings (SSSR count). The number of aryl methyl sites for hydroxylation is 2. The molecule has 0 spiro atoms. The highest BCUT2D eigenvalue weighted by Gasteiger charge is 2.16. The predicted octanol–water partition coefficient (Wildman–Crippen LogP) is 1.85. The van der Waals surface area contributed by atoms with Crippen molar-refractivity contribution in [1.29, 1.82) is 0 Å². The number of fused-ring (bicyclic) bond motifs is 1. The molecule has 1 fully saturated rings. The summed E-state index contributed by atoms with van der Waals surface area (Å²) in [5.74, 6) is 0.997. The monoisotopic (exact) mass is 424 g/mol. The van der Waals surface area contributed by atoms with Gasteiger partial charge in [-0.15, -0.1) is 0 Å². The van der Waals surface area contributed by atoms with Crippen molar-refractivity contribution in [2.75, 3.05) is 56.8 Å². The van der Waals surface area contributed by atoms with E-state index in [1.165, 1.54) is 16.6 Å². The zero-order valence-electron chi connectivity index (χ0n) is 18.1. The van der Waals surface area contributed by atoms with Crippen molar-refractivity contribution >= 4 is 28.8 Å². The molecule has 0 bridgehead atoms. The molecule has 1 aliphatic rings. The Bertz CT molecular complexity index is 1060. The minimum Gasteiger partial charge on any atom is -0.462 e. The van der Waals surface area contributed by atoms with Gasteiger partial charge in [-0.2, -0.15) is 20.1 Å². The molecule has 0 radical (unpaired) electrons. The van der Waals surface area contributed by atoms with Crippen LogP contribution in [0.25, 0.3) is 10.9 Å². The molecule has 0 aliphatic carbocycles. The highest BCUT2D eigenvalue weighted by atomic mass is 16.5. The molecule has 0 saturated carbocycles. The van der Waals surface area contributed by atoms with E-state index < -0.39 is 0 Å². The smallest absolute Gasteiger partial charge is 0.321 e. The molecule has 2 aromatic heterocycles. The minimum atomic E-state index is 0.285. The van der Waals surface area contributed by atoms with Crippen molar-refractivity contribution < 1.29 is 9.47 Å². The summed E-state index contributed by atoms with van der Waals surface area (Å²) in [6.07, 6.45) is 1.58. The third-order valence-corrected chi connectivity index (χ3v) is 5.18. The van der Waals surface area contributed by atoms with Gasteiger partial charge in [0, 0.05) is 36.2 Å². The number of likely N-dealkylation sites (N-methyl/N-ethyl adjacent to an activating group) is 1. The van der Waals surface area contributed by atoms with Gasteiger partial charge in [-0.3, -0.25) is 5.43 Å². The molecule has 0 unspecified atom stereocenters. The largest absolute Gasteiger partial charge is 0.462 e. The lowest BCUT2D eigenvalue weighted by molar-refractivity contribution is 0.122. The second-order valence-corrected chi connectivity index (χ2v) is 7.33. The van der Waals surface area contributed by atoms with E-state index in [-0.39, 0.29) is 6.01 Å². The number of nitrogens with zero attached hydrogens (tertiary/aromatic N) is 5. The Labute approximate surface area is 181 Å². The van der Waals surface area contributed by atoms with Gasteiger partial charge in [0.05, 0.1) is 25.1 Å². The molecular formula is C21H28N8O2. The molecular weight excluding hydrogens is 396 g/mol. The second-order valence-electron chi connectivity index (χ2n) is 7.33. The average molecular weight is 425 g/mol. The summed E-state index contributed by atoms with van der Waals surface area (Å²) in [7, 11) is 1.87. The number of ether oxygens (including phenoxy) is 2. The van der Waals surface area contributed by atoms with Crippen LogP contribution in [0, 0.1) is 13.8 Å². The molecule has 3 N–H and O–H groups in total. The van der Waals surface area contributed by atoms with Crippen LogP contribution in [0.15, 0.2) is 23.3 Å². The maximum absolute atomic E-state index is 5.68. The Balaban J connectivity index is 1.52. The van der Waals surface area contributed by atoms with Gasteiger partial charge in [0.25, 0.3) is 0 Å². The van der Waals surface area contributed by atoms with Crippen LogP contribution in [0.4, 0.5) is 11.6 Å². The molecule has 3 aromatic rings. The molecule has 1 aromatic carbocycles. The quantitative estimate of drug-likeness (QED) is 0.285. The molecule has 1 saturated heterocycles. The molecule has 10 nitrogen and oxygen atoms in total. The Morgan fingerprint density at radius 3 is 2.87 bits per heavy atom. The molecule has 164 valence electrons. The fourth-order valence-electron chi connectivity index (χ4n) is 3.33. The third kappa shape index (κ3) is 5.09. The van der Waals surface area contributed by atoms with E-state index in [1.807, 2.05) is 19.2 Å². The van der Waals surface area contributed by atoms with Crippen molar-refractivity contribution in [2.24, 2.45) is 5.10 Å². The molecule has 31 heavy (non-hydrogen) atoms. The Hall–Kier alpha value is -3.24. The van der Waals surface area contributed by atoms with Crippen LogP contribution in [-0.4, -0.2) is 72.7 Å². The van der Waals surface area contributed by atoms with Crippen LogP contribution in [0.1, 0.15) is 17.1 Å². The number of rotatable bonds is 8. The first-order valence-electron chi connectivity index (χ1n) is 10.4. The number of hydrogen-bond acceptors (Lipinski definition) is 9. The van der Waals surface area contributed by atoms with E-state index in [4.69, 9.17) is 9.47 Å². The van der Waals surface area contributed by atoms with Crippen molar-refractivity contribution in [3.8, 4) is 6.01 Å². The summed E-state index contributed by atoms with van der Waals surface area (Å²) < 4.78 is 11.1. The van der Waals surface area contributed by atoms with E-state index in [0.29, 0.717) is 38.1 Å². The number of nitrogens with one attached hydrogen (secondary N) is 3. The zero-order valence-corrected chi connectivity index (χ0v) is 18.1. The number of hydrogen-bond donors (Lipinski definition) is 3. The predicted molar refractivity (Wildman–Crippen MR) is 121 cm³/mol. The first-order valence-corrected chi connectivity index (χ1v) is 10.4. The van der Waals surface area contributed by atoms with E-state index in [0.717, 1.165) is 24.3 Å². The number of hydrazone groups is 1. The summed E-state index contributed by atoms with van der Waals surface area (Å²) in [6, 6.07) is 6.38. The lowest BCUT2D eigenvalue weighted by Gasteiger charge is -2.26. The third-order valence-electron chi connectivity index (χ3n) is 5.18.